The third-order valence-corrected chi connectivity index (χ3v) is 3.34. The van der Waals surface area contributed by atoms with Crippen LogP contribution in [0.5, 0.6) is 0 Å². The summed E-state index contributed by atoms with van der Waals surface area (Å²) in [5.41, 5.74) is 0. The fraction of sp³-hybridized carbons (Fsp3) is 0.846. The Morgan fingerprint density at radius 2 is 2.07 bits per heavy atom. The molecule has 15 heavy (non-hydrogen) atoms. The van der Waals surface area contributed by atoms with Gasteiger partial charge in [0.05, 0.1) is 0 Å². The van der Waals surface area contributed by atoms with Crippen LogP contribution in [0.3, 0.4) is 0 Å². The number of likely N-dealkylation sites (tertiary alicyclic amines) is 1. The van der Waals surface area contributed by atoms with Gasteiger partial charge in [0.2, 0.25) is 0 Å². The fourth-order valence-corrected chi connectivity index (χ4v) is 2.25. The maximum atomic E-state index is 3.69. The van der Waals surface area contributed by atoms with Gasteiger partial charge in [0.25, 0.3) is 0 Å². The molecule has 0 aromatic heterocycles. The molecule has 0 aromatic rings. The largest absolute Gasteiger partial charge is 0.391 e. The second-order valence-electron chi connectivity index (χ2n) is 4.60. The molecular weight excluding hydrogens is 184 g/mol. The second-order valence-corrected chi connectivity index (χ2v) is 4.60. The van der Waals surface area contributed by atoms with Gasteiger partial charge in [0.1, 0.15) is 0 Å². The van der Waals surface area contributed by atoms with Gasteiger partial charge in [-0.3, -0.25) is 0 Å². The molecule has 2 nitrogen and oxygen atoms in total. The van der Waals surface area contributed by atoms with Gasteiger partial charge in [-0.15, -0.1) is 0 Å². The topological polar surface area (TPSA) is 15.3 Å². The number of rotatable bonds is 7. The molecule has 1 saturated heterocycles. The zero-order chi connectivity index (χ0) is 10.9. The van der Waals surface area contributed by atoms with E-state index >= 15 is 0 Å². The van der Waals surface area contributed by atoms with Crippen molar-refractivity contribution in [3.05, 3.63) is 12.8 Å². The molecule has 1 heterocycles. The van der Waals surface area contributed by atoms with Gasteiger partial charge in [-0.2, -0.15) is 0 Å². The summed E-state index contributed by atoms with van der Waals surface area (Å²) in [6, 6.07) is 0. The van der Waals surface area contributed by atoms with Crippen LogP contribution in [0.25, 0.3) is 0 Å². The van der Waals surface area contributed by atoms with Crippen molar-refractivity contribution in [2.75, 3.05) is 26.2 Å². The third-order valence-electron chi connectivity index (χ3n) is 3.34. The fourth-order valence-electron chi connectivity index (χ4n) is 2.25. The summed E-state index contributed by atoms with van der Waals surface area (Å²) in [5, 5.41) is 3.23. The van der Waals surface area contributed by atoms with Gasteiger partial charge >= 0.3 is 0 Å². The van der Waals surface area contributed by atoms with Crippen molar-refractivity contribution in [1.29, 1.82) is 0 Å². The predicted octanol–water partition coefficient (Wildman–Crippen LogP) is 2.62. The maximum absolute atomic E-state index is 3.69. The molecule has 0 radical (unpaired) electrons. The van der Waals surface area contributed by atoms with E-state index in [2.05, 4.69) is 23.7 Å². The molecule has 0 spiro atoms. The van der Waals surface area contributed by atoms with Crippen LogP contribution >= 0.6 is 0 Å². The van der Waals surface area contributed by atoms with Crippen molar-refractivity contribution in [2.24, 2.45) is 5.92 Å². The highest BCUT2D eigenvalue weighted by Crippen LogP contribution is 2.16. The molecule has 1 rings (SSSR count). The summed E-state index contributed by atoms with van der Waals surface area (Å²) in [7, 11) is 0. The molecule has 0 bridgehead atoms. The summed E-state index contributed by atoms with van der Waals surface area (Å²) in [6.07, 6.45) is 8.62. The first-order chi connectivity index (χ1) is 7.36. The van der Waals surface area contributed by atoms with Crippen molar-refractivity contribution in [2.45, 2.75) is 39.0 Å². The van der Waals surface area contributed by atoms with Crippen molar-refractivity contribution in [3.63, 3.8) is 0 Å². The molecule has 0 amide bonds. The Kier molecular flexibility index (Phi) is 6.49. The molecule has 0 atom stereocenters. The Labute approximate surface area is 94.7 Å². The molecule has 1 aliphatic heterocycles. The van der Waals surface area contributed by atoms with E-state index in [0.717, 1.165) is 12.5 Å². The van der Waals surface area contributed by atoms with Crippen LogP contribution in [0, 0.1) is 5.92 Å². The number of nitrogens with one attached hydrogen (secondary N) is 1. The summed E-state index contributed by atoms with van der Waals surface area (Å²) >= 11 is 0. The molecule has 1 aliphatic rings. The normalized spacial score (nSPS) is 19.0. The number of hydrogen-bond donors (Lipinski definition) is 1. The van der Waals surface area contributed by atoms with E-state index in [1.54, 1.807) is 0 Å². The van der Waals surface area contributed by atoms with Crippen LogP contribution in [0.15, 0.2) is 12.8 Å². The SMILES string of the molecule is C=CNCC1CCN(CCCCC)CC1. The molecule has 0 saturated carbocycles. The Bertz CT molecular complexity index is 160. The van der Waals surface area contributed by atoms with Crippen LogP contribution in [-0.2, 0) is 0 Å². The van der Waals surface area contributed by atoms with Crippen molar-refractivity contribution < 1.29 is 0 Å². The smallest absolute Gasteiger partial charge is 0.0170 e. The van der Waals surface area contributed by atoms with E-state index in [1.807, 2.05) is 6.20 Å². The average molecular weight is 210 g/mol. The molecule has 88 valence electrons. The lowest BCUT2D eigenvalue weighted by molar-refractivity contribution is 0.181. The summed E-state index contributed by atoms with van der Waals surface area (Å²) in [6.45, 7) is 11.0. The molecule has 1 fully saturated rings. The van der Waals surface area contributed by atoms with Gasteiger partial charge < -0.3 is 10.2 Å². The molecular formula is C13H26N2. The lowest BCUT2D eigenvalue weighted by Crippen LogP contribution is -2.37. The molecule has 0 aliphatic carbocycles. The Morgan fingerprint density at radius 3 is 2.67 bits per heavy atom. The monoisotopic (exact) mass is 210 g/mol. The second kappa shape index (κ2) is 7.75. The lowest BCUT2D eigenvalue weighted by Gasteiger charge is -2.31. The summed E-state index contributed by atoms with van der Waals surface area (Å²) in [4.78, 5) is 2.63. The number of nitrogens with zero attached hydrogens (tertiary/aromatic N) is 1. The Morgan fingerprint density at radius 1 is 1.33 bits per heavy atom. The minimum Gasteiger partial charge on any atom is -0.391 e. The van der Waals surface area contributed by atoms with Gasteiger partial charge in [-0.1, -0.05) is 26.3 Å². The van der Waals surface area contributed by atoms with Crippen LogP contribution < -0.4 is 5.32 Å². The van der Waals surface area contributed by atoms with Crippen molar-refractivity contribution in [1.82, 2.24) is 10.2 Å². The highest BCUT2D eigenvalue weighted by atomic mass is 15.1. The van der Waals surface area contributed by atoms with E-state index in [4.69, 9.17) is 0 Å². The first kappa shape index (κ1) is 12.6. The number of unbranched alkanes of at least 4 members (excludes halogenated alkanes) is 2. The minimum absolute atomic E-state index is 0.866. The molecule has 0 aromatic carbocycles. The van der Waals surface area contributed by atoms with Gasteiger partial charge in [0, 0.05) is 6.54 Å². The predicted molar refractivity (Wildman–Crippen MR) is 66.9 cm³/mol. The number of piperidine rings is 1. The first-order valence-corrected chi connectivity index (χ1v) is 6.43. The van der Waals surface area contributed by atoms with Crippen LogP contribution in [-0.4, -0.2) is 31.1 Å². The lowest BCUT2D eigenvalue weighted by atomic mass is 9.96. The minimum atomic E-state index is 0.866. The van der Waals surface area contributed by atoms with E-state index in [-0.39, 0.29) is 0 Å². The van der Waals surface area contributed by atoms with Crippen molar-refractivity contribution in [3.8, 4) is 0 Å². The standard InChI is InChI=1S/C13H26N2/c1-3-5-6-9-15-10-7-13(8-11-15)12-14-4-2/h4,13-14H,2-3,5-12H2,1H3. The van der Waals surface area contributed by atoms with Gasteiger partial charge in [0.15, 0.2) is 0 Å². The Balaban J connectivity index is 2.04. The zero-order valence-electron chi connectivity index (χ0n) is 10.2. The third kappa shape index (κ3) is 5.22. The summed E-state index contributed by atoms with van der Waals surface area (Å²) < 4.78 is 0. The Hall–Kier alpha value is -0.500. The molecule has 2 heteroatoms. The maximum Gasteiger partial charge on any atom is 0.0170 e. The molecule has 0 unspecified atom stereocenters. The van der Waals surface area contributed by atoms with E-state index in [1.165, 1.54) is 51.7 Å². The van der Waals surface area contributed by atoms with Crippen molar-refractivity contribution >= 4 is 0 Å². The summed E-state index contributed by atoms with van der Waals surface area (Å²) in [5.74, 6) is 0.866. The van der Waals surface area contributed by atoms with E-state index < -0.39 is 0 Å². The highest BCUT2D eigenvalue weighted by molar-refractivity contribution is 4.75. The van der Waals surface area contributed by atoms with E-state index in [9.17, 15) is 0 Å². The zero-order valence-corrected chi connectivity index (χ0v) is 10.2. The van der Waals surface area contributed by atoms with Gasteiger partial charge in [-0.25, -0.2) is 0 Å². The van der Waals surface area contributed by atoms with Crippen LogP contribution in [0.4, 0.5) is 0 Å². The first-order valence-electron chi connectivity index (χ1n) is 6.43. The quantitative estimate of drug-likeness (QED) is 0.650. The average Bonchev–Trinajstić information content (AvgIpc) is 2.28. The number of hydrogen-bond acceptors (Lipinski definition) is 2. The molecule has 1 N–H and O–H groups in total. The van der Waals surface area contributed by atoms with Crippen LogP contribution in [0.2, 0.25) is 0 Å². The van der Waals surface area contributed by atoms with Gasteiger partial charge in [-0.05, 0) is 51.0 Å². The van der Waals surface area contributed by atoms with E-state index in [0.29, 0.717) is 0 Å². The highest BCUT2D eigenvalue weighted by Gasteiger charge is 2.17. The van der Waals surface area contributed by atoms with Crippen LogP contribution in [0.1, 0.15) is 39.0 Å².